The van der Waals surface area contributed by atoms with Crippen molar-refractivity contribution >= 4 is 11.9 Å². The fourth-order valence-corrected chi connectivity index (χ4v) is 4.31. The van der Waals surface area contributed by atoms with E-state index < -0.39 is 12.0 Å². The predicted octanol–water partition coefficient (Wildman–Crippen LogP) is 2.19. The number of carbonyl (C=O) groups is 2. The number of hydrogen-bond acceptors (Lipinski definition) is 3. The number of carboxylic acids is 1. The van der Waals surface area contributed by atoms with Gasteiger partial charge in [0.1, 0.15) is 6.04 Å². The largest absolute Gasteiger partial charge is 0.480 e. The smallest absolute Gasteiger partial charge is 0.326 e. The van der Waals surface area contributed by atoms with Gasteiger partial charge < -0.3 is 14.7 Å². The molecule has 0 spiro atoms. The summed E-state index contributed by atoms with van der Waals surface area (Å²) in [6.45, 7) is 0.729. The summed E-state index contributed by atoms with van der Waals surface area (Å²) in [4.78, 5) is 25.9. The number of likely N-dealkylation sites (tertiary alicyclic amines) is 1. The molecule has 3 aliphatic rings. The van der Waals surface area contributed by atoms with Crippen molar-refractivity contribution in [2.75, 3.05) is 6.61 Å². The van der Waals surface area contributed by atoms with Crippen molar-refractivity contribution in [3.63, 3.8) is 0 Å². The minimum atomic E-state index is -0.845. The molecule has 21 heavy (non-hydrogen) atoms. The van der Waals surface area contributed by atoms with Gasteiger partial charge in [0.25, 0.3) is 0 Å². The van der Waals surface area contributed by atoms with Gasteiger partial charge in [-0.05, 0) is 44.4 Å². The SMILES string of the molecule is O=C(O)[C@@H]1C[C@@H]2CCCC[C@H]2N1C(=O)C[C@H]1CCCCO1. The molecule has 0 radical (unpaired) electrons. The van der Waals surface area contributed by atoms with Crippen molar-refractivity contribution in [2.24, 2.45) is 5.92 Å². The van der Waals surface area contributed by atoms with Crippen LogP contribution in [0.2, 0.25) is 0 Å². The van der Waals surface area contributed by atoms with Gasteiger partial charge in [-0.2, -0.15) is 0 Å². The molecule has 0 bridgehead atoms. The van der Waals surface area contributed by atoms with Gasteiger partial charge in [0.2, 0.25) is 5.91 Å². The molecule has 2 aliphatic heterocycles. The molecule has 4 atom stereocenters. The molecule has 1 amide bonds. The fourth-order valence-electron chi connectivity index (χ4n) is 4.31. The second-order valence-electron chi connectivity index (χ2n) is 6.70. The third kappa shape index (κ3) is 3.07. The molecule has 3 rings (SSSR count). The Labute approximate surface area is 125 Å². The number of nitrogens with zero attached hydrogens (tertiary/aromatic N) is 1. The van der Waals surface area contributed by atoms with Crippen LogP contribution in [-0.4, -0.2) is 46.7 Å². The van der Waals surface area contributed by atoms with Crippen LogP contribution in [0, 0.1) is 5.92 Å². The highest BCUT2D eigenvalue weighted by Crippen LogP contribution is 2.40. The molecule has 0 aromatic heterocycles. The van der Waals surface area contributed by atoms with Gasteiger partial charge in [0.15, 0.2) is 0 Å². The van der Waals surface area contributed by atoms with Gasteiger partial charge in [-0.3, -0.25) is 4.79 Å². The van der Waals surface area contributed by atoms with Gasteiger partial charge in [-0.15, -0.1) is 0 Å². The molecular formula is C16H25NO4. The second-order valence-corrected chi connectivity index (χ2v) is 6.70. The van der Waals surface area contributed by atoms with E-state index in [9.17, 15) is 14.7 Å². The van der Waals surface area contributed by atoms with E-state index in [-0.39, 0.29) is 18.1 Å². The average molecular weight is 295 g/mol. The third-order valence-corrected chi connectivity index (χ3v) is 5.34. The van der Waals surface area contributed by atoms with Crippen LogP contribution in [0.15, 0.2) is 0 Å². The Morgan fingerprint density at radius 3 is 2.57 bits per heavy atom. The maximum absolute atomic E-state index is 12.7. The first-order valence-corrected chi connectivity index (χ1v) is 8.32. The number of carbonyl (C=O) groups excluding carboxylic acids is 1. The van der Waals surface area contributed by atoms with Crippen LogP contribution in [0.25, 0.3) is 0 Å². The van der Waals surface area contributed by atoms with Crippen LogP contribution in [0.4, 0.5) is 0 Å². The van der Waals surface area contributed by atoms with Crippen molar-refractivity contribution in [1.82, 2.24) is 4.90 Å². The standard InChI is InChI=1S/C16H25NO4/c18-15(10-12-6-3-4-8-21-12)17-13-7-2-1-5-11(13)9-14(17)16(19)20/h11-14H,1-10H2,(H,19,20)/t11-,12+,13+,14-/m0/s1. The number of fused-ring (bicyclic) bond motifs is 1. The van der Waals surface area contributed by atoms with E-state index in [0.717, 1.165) is 45.1 Å². The fraction of sp³-hybridized carbons (Fsp3) is 0.875. The van der Waals surface area contributed by atoms with Crippen molar-refractivity contribution in [3.05, 3.63) is 0 Å². The predicted molar refractivity (Wildman–Crippen MR) is 76.8 cm³/mol. The molecule has 5 heteroatoms. The highest BCUT2D eigenvalue weighted by atomic mass is 16.5. The van der Waals surface area contributed by atoms with Crippen LogP contribution in [-0.2, 0) is 14.3 Å². The average Bonchev–Trinajstić information content (AvgIpc) is 2.88. The summed E-state index contributed by atoms with van der Waals surface area (Å²) in [5.41, 5.74) is 0. The van der Waals surface area contributed by atoms with Crippen molar-refractivity contribution in [3.8, 4) is 0 Å². The molecule has 1 saturated carbocycles. The van der Waals surface area contributed by atoms with Gasteiger partial charge in [-0.25, -0.2) is 4.79 Å². The quantitative estimate of drug-likeness (QED) is 0.866. The first-order valence-electron chi connectivity index (χ1n) is 8.32. The number of aliphatic carboxylic acids is 1. The number of amides is 1. The molecule has 1 N–H and O–H groups in total. The van der Waals surface area contributed by atoms with Crippen LogP contribution in [0.5, 0.6) is 0 Å². The monoisotopic (exact) mass is 295 g/mol. The first-order chi connectivity index (χ1) is 10.2. The first kappa shape index (κ1) is 14.8. The van der Waals surface area contributed by atoms with Crippen LogP contribution < -0.4 is 0 Å². The molecule has 118 valence electrons. The molecule has 1 aliphatic carbocycles. The van der Waals surface area contributed by atoms with Gasteiger partial charge in [0.05, 0.1) is 12.5 Å². The van der Waals surface area contributed by atoms with Gasteiger partial charge >= 0.3 is 5.97 Å². The van der Waals surface area contributed by atoms with Crippen molar-refractivity contribution in [2.45, 2.75) is 76.0 Å². The van der Waals surface area contributed by atoms with Crippen LogP contribution in [0.3, 0.4) is 0 Å². The molecule has 2 heterocycles. The second kappa shape index (κ2) is 6.34. The molecule has 2 saturated heterocycles. The maximum atomic E-state index is 12.7. The Morgan fingerprint density at radius 1 is 1.10 bits per heavy atom. The highest BCUT2D eigenvalue weighted by molar-refractivity contribution is 5.85. The number of hydrogen-bond donors (Lipinski definition) is 1. The minimum absolute atomic E-state index is 0.0105. The van der Waals surface area contributed by atoms with Crippen molar-refractivity contribution in [1.29, 1.82) is 0 Å². The topological polar surface area (TPSA) is 66.8 Å². The number of ether oxygens (including phenoxy) is 1. The lowest BCUT2D eigenvalue weighted by atomic mass is 9.84. The Hall–Kier alpha value is -1.10. The Kier molecular flexibility index (Phi) is 4.48. The lowest BCUT2D eigenvalue weighted by Gasteiger charge is -2.34. The molecule has 0 aromatic rings. The Balaban J connectivity index is 1.69. The van der Waals surface area contributed by atoms with E-state index in [2.05, 4.69) is 0 Å². The molecule has 5 nitrogen and oxygen atoms in total. The molecule has 0 unspecified atom stereocenters. The summed E-state index contributed by atoms with van der Waals surface area (Å²) in [7, 11) is 0. The molecular weight excluding hydrogens is 270 g/mol. The van der Waals surface area contributed by atoms with Gasteiger partial charge in [-0.1, -0.05) is 12.8 Å². The lowest BCUT2D eigenvalue weighted by Crippen LogP contribution is -2.47. The maximum Gasteiger partial charge on any atom is 0.326 e. The lowest BCUT2D eigenvalue weighted by molar-refractivity contribution is -0.151. The third-order valence-electron chi connectivity index (χ3n) is 5.34. The van der Waals surface area contributed by atoms with E-state index in [1.54, 1.807) is 4.90 Å². The van der Waals surface area contributed by atoms with Crippen LogP contribution >= 0.6 is 0 Å². The van der Waals surface area contributed by atoms with E-state index in [0.29, 0.717) is 18.8 Å². The summed E-state index contributed by atoms with van der Waals surface area (Å²) in [5.74, 6) is -0.470. The normalized spacial score (nSPS) is 36.3. The van der Waals surface area contributed by atoms with E-state index >= 15 is 0 Å². The summed E-state index contributed by atoms with van der Waals surface area (Å²) in [6, 6.07) is -0.467. The zero-order valence-corrected chi connectivity index (χ0v) is 12.5. The Morgan fingerprint density at radius 2 is 1.86 bits per heavy atom. The zero-order valence-electron chi connectivity index (χ0n) is 12.5. The number of rotatable bonds is 3. The minimum Gasteiger partial charge on any atom is -0.480 e. The number of carboxylic acid groups (broad SMARTS) is 1. The van der Waals surface area contributed by atoms with E-state index in [1.807, 2.05) is 0 Å². The van der Waals surface area contributed by atoms with Crippen LogP contribution in [0.1, 0.15) is 57.8 Å². The summed E-state index contributed by atoms with van der Waals surface area (Å²) >= 11 is 0. The molecule has 3 fully saturated rings. The van der Waals surface area contributed by atoms with Gasteiger partial charge in [0, 0.05) is 12.6 Å². The summed E-state index contributed by atoms with van der Waals surface area (Å²) < 4.78 is 5.64. The Bertz CT molecular complexity index is 405. The van der Waals surface area contributed by atoms with E-state index in [4.69, 9.17) is 4.74 Å². The summed E-state index contributed by atoms with van der Waals surface area (Å²) in [5, 5.41) is 9.46. The van der Waals surface area contributed by atoms with E-state index in [1.165, 1.54) is 6.42 Å². The highest BCUT2D eigenvalue weighted by Gasteiger charge is 2.47. The van der Waals surface area contributed by atoms with Crippen molar-refractivity contribution < 1.29 is 19.4 Å². The summed E-state index contributed by atoms with van der Waals surface area (Å²) in [6.07, 6.45) is 8.38. The zero-order chi connectivity index (χ0) is 14.8. The molecule has 0 aromatic carbocycles.